The summed E-state index contributed by atoms with van der Waals surface area (Å²) in [6.45, 7) is 0.861. The zero-order valence-electron chi connectivity index (χ0n) is 15.0. The molecule has 3 rings (SSSR count). The Bertz CT molecular complexity index is 838. The first-order chi connectivity index (χ1) is 13.0. The van der Waals surface area contributed by atoms with E-state index in [0.717, 1.165) is 12.0 Å². The molecule has 0 aromatic heterocycles. The van der Waals surface area contributed by atoms with Gasteiger partial charge in [-0.2, -0.15) is 0 Å². The van der Waals surface area contributed by atoms with E-state index in [-0.39, 0.29) is 5.91 Å². The molecule has 2 aromatic carbocycles. The van der Waals surface area contributed by atoms with Crippen LogP contribution in [0.25, 0.3) is 0 Å². The number of ether oxygens (including phenoxy) is 2. The molecule has 2 aromatic rings. The summed E-state index contributed by atoms with van der Waals surface area (Å²) in [4.78, 5) is 25.8. The molecular formula is C20H21ClN2O4. The van der Waals surface area contributed by atoms with Crippen LogP contribution in [0, 0.1) is 0 Å². The predicted octanol–water partition coefficient (Wildman–Crippen LogP) is 3.02. The molecule has 1 aliphatic heterocycles. The highest BCUT2D eigenvalue weighted by atomic mass is 35.5. The standard InChI is InChI=1S/C20H21ClN2O4/c1-26-18-11-14(20(25)23-10-2-3-16(23)19(22)24)6-9-17(18)27-12-13-4-7-15(21)8-5-13/h4-9,11,16H,2-3,10,12H2,1H3,(H2,22,24). The van der Waals surface area contributed by atoms with Crippen LogP contribution in [0.4, 0.5) is 0 Å². The maximum absolute atomic E-state index is 12.8. The number of methoxy groups -OCH3 is 1. The van der Waals surface area contributed by atoms with Gasteiger partial charge in [0.05, 0.1) is 7.11 Å². The number of carbonyl (C=O) groups excluding carboxylic acids is 2. The van der Waals surface area contributed by atoms with Gasteiger partial charge in [-0.05, 0) is 48.7 Å². The number of nitrogens with zero attached hydrogens (tertiary/aromatic N) is 1. The van der Waals surface area contributed by atoms with E-state index >= 15 is 0 Å². The molecule has 1 fully saturated rings. The summed E-state index contributed by atoms with van der Waals surface area (Å²) in [6, 6.07) is 11.8. The Morgan fingerprint density at radius 1 is 1.19 bits per heavy atom. The van der Waals surface area contributed by atoms with Gasteiger partial charge in [0.25, 0.3) is 5.91 Å². The van der Waals surface area contributed by atoms with E-state index in [4.69, 9.17) is 26.8 Å². The molecule has 0 saturated carbocycles. The largest absolute Gasteiger partial charge is 0.493 e. The minimum absolute atomic E-state index is 0.237. The average molecular weight is 389 g/mol. The van der Waals surface area contributed by atoms with Gasteiger partial charge < -0.3 is 20.1 Å². The third-order valence-corrected chi connectivity index (χ3v) is 4.81. The summed E-state index contributed by atoms with van der Waals surface area (Å²) >= 11 is 5.88. The maximum atomic E-state index is 12.8. The summed E-state index contributed by atoms with van der Waals surface area (Å²) in [6.07, 6.45) is 1.36. The van der Waals surface area contributed by atoms with Crippen LogP contribution in [0.15, 0.2) is 42.5 Å². The van der Waals surface area contributed by atoms with E-state index in [1.54, 1.807) is 30.3 Å². The molecule has 1 atom stereocenters. The highest BCUT2D eigenvalue weighted by Crippen LogP contribution is 2.30. The van der Waals surface area contributed by atoms with Crippen LogP contribution in [0.3, 0.4) is 0 Å². The van der Waals surface area contributed by atoms with Crippen molar-refractivity contribution in [2.75, 3.05) is 13.7 Å². The van der Waals surface area contributed by atoms with Crippen LogP contribution < -0.4 is 15.2 Å². The van der Waals surface area contributed by atoms with Crippen LogP contribution in [-0.2, 0) is 11.4 Å². The van der Waals surface area contributed by atoms with Gasteiger partial charge in [0.15, 0.2) is 11.5 Å². The molecule has 6 nitrogen and oxygen atoms in total. The number of benzene rings is 2. The van der Waals surface area contributed by atoms with Crippen molar-refractivity contribution in [3.63, 3.8) is 0 Å². The minimum Gasteiger partial charge on any atom is -0.493 e. The van der Waals surface area contributed by atoms with Gasteiger partial charge in [0.2, 0.25) is 5.91 Å². The first-order valence-corrected chi connectivity index (χ1v) is 9.03. The number of nitrogens with two attached hydrogens (primary N) is 1. The fourth-order valence-electron chi connectivity index (χ4n) is 3.13. The second kappa shape index (κ2) is 8.31. The van der Waals surface area contributed by atoms with Crippen molar-refractivity contribution < 1.29 is 19.1 Å². The van der Waals surface area contributed by atoms with Gasteiger partial charge >= 0.3 is 0 Å². The van der Waals surface area contributed by atoms with E-state index in [9.17, 15) is 9.59 Å². The molecule has 0 bridgehead atoms. The van der Waals surface area contributed by atoms with E-state index in [0.29, 0.717) is 41.7 Å². The number of hydrogen-bond acceptors (Lipinski definition) is 4. The van der Waals surface area contributed by atoms with Crippen molar-refractivity contribution in [3.8, 4) is 11.5 Å². The summed E-state index contributed by atoms with van der Waals surface area (Å²) in [5.74, 6) is 0.260. The van der Waals surface area contributed by atoms with Crippen LogP contribution >= 0.6 is 11.6 Å². The molecule has 0 aliphatic carbocycles. The van der Waals surface area contributed by atoms with Crippen LogP contribution in [0.1, 0.15) is 28.8 Å². The number of primary amides is 1. The smallest absolute Gasteiger partial charge is 0.254 e. The first kappa shape index (κ1) is 19.0. The van der Waals surface area contributed by atoms with Crippen molar-refractivity contribution >= 4 is 23.4 Å². The molecule has 1 saturated heterocycles. The quantitative estimate of drug-likeness (QED) is 0.824. The van der Waals surface area contributed by atoms with E-state index in [1.807, 2.05) is 12.1 Å². The third-order valence-electron chi connectivity index (χ3n) is 4.56. The molecule has 27 heavy (non-hydrogen) atoms. The number of halogens is 1. The molecule has 1 heterocycles. The lowest BCUT2D eigenvalue weighted by atomic mass is 10.1. The van der Waals surface area contributed by atoms with Gasteiger partial charge in [-0.25, -0.2) is 0 Å². The molecule has 1 aliphatic rings. The number of hydrogen-bond donors (Lipinski definition) is 1. The van der Waals surface area contributed by atoms with E-state index in [2.05, 4.69) is 0 Å². The topological polar surface area (TPSA) is 81.9 Å². The van der Waals surface area contributed by atoms with E-state index in [1.165, 1.54) is 12.0 Å². The molecule has 1 unspecified atom stereocenters. The fraction of sp³-hybridized carbons (Fsp3) is 0.300. The number of carbonyl (C=O) groups is 2. The molecule has 142 valence electrons. The maximum Gasteiger partial charge on any atom is 0.254 e. The van der Waals surface area contributed by atoms with Crippen LogP contribution in [-0.4, -0.2) is 36.4 Å². The SMILES string of the molecule is COc1cc(C(=O)N2CCCC2C(N)=O)ccc1OCc1ccc(Cl)cc1. The summed E-state index contributed by atoms with van der Waals surface area (Å²) < 4.78 is 11.2. The lowest BCUT2D eigenvalue weighted by molar-refractivity contribution is -0.121. The summed E-state index contributed by atoms with van der Waals surface area (Å²) in [5, 5.41) is 0.662. The fourth-order valence-corrected chi connectivity index (χ4v) is 3.26. The van der Waals surface area contributed by atoms with Crippen molar-refractivity contribution in [2.24, 2.45) is 5.73 Å². The lowest BCUT2D eigenvalue weighted by Gasteiger charge is -2.22. The van der Waals surface area contributed by atoms with Crippen molar-refractivity contribution in [1.82, 2.24) is 4.90 Å². The molecule has 2 amide bonds. The van der Waals surface area contributed by atoms with Gasteiger partial charge in [0.1, 0.15) is 12.6 Å². The Hall–Kier alpha value is -2.73. The Morgan fingerprint density at radius 3 is 2.59 bits per heavy atom. The number of rotatable bonds is 6. The van der Waals surface area contributed by atoms with Crippen molar-refractivity contribution in [2.45, 2.75) is 25.5 Å². The molecule has 0 spiro atoms. The van der Waals surface area contributed by atoms with Gasteiger partial charge in [-0.15, -0.1) is 0 Å². The van der Waals surface area contributed by atoms with Crippen molar-refractivity contribution in [1.29, 1.82) is 0 Å². The zero-order chi connectivity index (χ0) is 19.4. The minimum atomic E-state index is -0.552. The van der Waals surface area contributed by atoms with Crippen LogP contribution in [0.5, 0.6) is 11.5 Å². The highest BCUT2D eigenvalue weighted by molar-refractivity contribution is 6.30. The Labute approximate surface area is 162 Å². The Morgan fingerprint density at radius 2 is 1.93 bits per heavy atom. The monoisotopic (exact) mass is 388 g/mol. The molecule has 7 heteroatoms. The van der Waals surface area contributed by atoms with E-state index < -0.39 is 11.9 Å². The van der Waals surface area contributed by atoms with Gasteiger partial charge in [0, 0.05) is 17.1 Å². The van der Waals surface area contributed by atoms with Crippen molar-refractivity contribution in [3.05, 3.63) is 58.6 Å². The van der Waals surface area contributed by atoms with Gasteiger partial charge in [-0.1, -0.05) is 23.7 Å². The summed E-state index contributed by atoms with van der Waals surface area (Å²) in [5.41, 5.74) is 6.79. The normalized spacial score (nSPS) is 16.2. The molecule has 0 radical (unpaired) electrons. The third kappa shape index (κ3) is 4.34. The number of likely N-dealkylation sites (tertiary alicyclic amines) is 1. The Kier molecular flexibility index (Phi) is 5.86. The number of amides is 2. The Balaban J connectivity index is 1.74. The second-order valence-electron chi connectivity index (χ2n) is 6.34. The van der Waals surface area contributed by atoms with Gasteiger partial charge in [-0.3, -0.25) is 9.59 Å². The second-order valence-corrected chi connectivity index (χ2v) is 6.78. The lowest BCUT2D eigenvalue weighted by Crippen LogP contribution is -2.43. The highest BCUT2D eigenvalue weighted by Gasteiger charge is 2.33. The molecule has 2 N–H and O–H groups in total. The predicted molar refractivity (Wildman–Crippen MR) is 102 cm³/mol. The van der Waals surface area contributed by atoms with Crippen LogP contribution in [0.2, 0.25) is 5.02 Å². The zero-order valence-corrected chi connectivity index (χ0v) is 15.7. The first-order valence-electron chi connectivity index (χ1n) is 8.65. The summed E-state index contributed by atoms with van der Waals surface area (Å²) in [7, 11) is 1.51. The average Bonchev–Trinajstić information content (AvgIpc) is 3.17. The molecular weight excluding hydrogens is 368 g/mol.